The minimum atomic E-state index is -0.575. The van der Waals surface area contributed by atoms with Gasteiger partial charge in [0.1, 0.15) is 35.4 Å². The number of hydrogen-bond donors (Lipinski definition) is 2. The number of likely N-dealkylation sites (tertiary alicyclic amines) is 1. The number of benzene rings is 3. The molecule has 5 aromatic rings. The summed E-state index contributed by atoms with van der Waals surface area (Å²) >= 11 is 1.81. The van der Waals surface area contributed by atoms with Crippen LogP contribution in [0.1, 0.15) is 125 Å². The number of carbonyl (C=O) groups excluding carboxylic acids is 4. The van der Waals surface area contributed by atoms with Crippen molar-refractivity contribution in [1.29, 1.82) is 0 Å². The Morgan fingerprint density at radius 1 is 0.746 bits per heavy atom. The highest BCUT2D eigenvalue weighted by molar-refractivity contribution is 7.99. The maximum Gasteiger partial charge on any atom is 0.255 e. The number of piperidine rings is 2. The molecule has 2 aromatic heterocycles. The number of nitrogens with two attached hydrogens (primary N) is 1. The van der Waals surface area contributed by atoms with Crippen molar-refractivity contribution in [3.05, 3.63) is 90.3 Å². The summed E-state index contributed by atoms with van der Waals surface area (Å²) < 4.78 is 7.98. The van der Waals surface area contributed by atoms with E-state index in [9.17, 15) is 19.2 Å². The van der Waals surface area contributed by atoms with Gasteiger partial charge in [-0.15, -0.1) is 11.8 Å². The first kappa shape index (κ1) is 50.1. The second kappa shape index (κ2) is 24.5. The number of para-hydroxylation sites is 1. The van der Waals surface area contributed by atoms with Gasteiger partial charge in [-0.2, -0.15) is 5.10 Å². The van der Waals surface area contributed by atoms with Crippen LogP contribution in [0.25, 0.3) is 22.3 Å². The van der Waals surface area contributed by atoms with Crippen molar-refractivity contribution in [2.75, 3.05) is 63.8 Å². The number of nitrogen functional groups attached to an aromatic ring is 1. The number of thioether (sulfide) groups is 1. The standard InChI is InChI=1S/C55H70N10O5S/c56-52-50-51(40-23-25-43(26-24-40)70-42-18-10-9-11-19-42)60-65(53(50)58-39-57-52)41-17-15-31-63(37-41)49(67)22-16-30-62-34-32-61(33-35-62)29-12-7-5-3-1-2-4-6-8-13-36-71-47-21-14-20-44-45(47)38-64(55(44)69)46-27-28-48(66)59-54(46)68/h9-11,14,18-21,23-26,39,41,46H,1-8,12-13,15-17,22,27-38H2,(H2,56,57,58)(H,59,66,68)/t41-,46?/m1/s1. The van der Waals surface area contributed by atoms with Crippen LogP contribution in [0.4, 0.5) is 5.82 Å². The molecule has 0 spiro atoms. The Hall–Kier alpha value is -5.84. The van der Waals surface area contributed by atoms with Crippen molar-refractivity contribution >= 4 is 52.2 Å². The number of carbonyl (C=O) groups is 4. The zero-order valence-corrected chi connectivity index (χ0v) is 42.0. The van der Waals surface area contributed by atoms with Crippen LogP contribution in [-0.2, 0) is 20.9 Å². The topological polar surface area (TPSA) is 172 Å². The lowest BCUT2D eigenvalue weighted by Gasteiger charge is -2.35. The first-order valence-corrected chi connectivity index (χ1v) is 27.2. The van der Waals surface area contributed by atoms with E-state index in [-0.39, 0.29) is 36.1 Å². The fourth-order valence-corrected chi connectivity index (χ4v) is 11.8. The summed E-state index contributed by atoms with van der Waals surface area (Å²) in [5.74, 6) is 2.40. The van der Waals surface area contributed by atoms with Crippen LogP contribution >= 0.6 is 11.8 Å². The third-order valence-electron chi connectivity index (χ3n) is 14.7. The van der Waals surface area contributed by atoms with E-state index in [1.54, 1.807) is 4.90 Å². The van der Waals surface area contributed by atoms with Gasteiger partial charge in [0.15, 0.2) is 5.65 Å². The number of ether oxygens (including phenoxy) is 1. The number of rotatable bonds is 23. The van der Waals surface area contributed by atoms with Gasteiger partial charge in [-0.25, -0.2) is 14.6 Å². The van der Waals surface area contributed by atoms with Crippen molar-refractivity contribution in [3.63, 3.8) is 0 Å². The molecule has 3 aromatic carbocycles. The van der Waals surface area contributed by atoms with E-state index in [0.717, 1.165) is 109 Å². The van der Waals surface area contributed by atoms with Gasteiger partial charge in [0.2, 0.25) is 17.7 Å². The Morgan fingerprint density at radius 3 is 2.17 bits per heavy atom. The van der Waals surface area contributed by atoms with Crippen LogP contribution in [0.5, 0.6) is 11.5 Å². The summed E-state index contributed by atoms with van der Waals surface area (Å²) in [6.45, 7) is 8.30. The number of nitrogens with one attached hydrogen (secondary N) is 1. The molecular formula is C55H70N10O5S. The lowest BCUT2D eigenvalue weighted by molar-refractivity contribution is -0.137. The number of anilines is 1. The highest BCUT2D eigenvalue weighted by Gasteiger charge is 2.40. The molecular weight excluding hydrogens is 913 g/mol. The van der Waals surface area contributed by atoms with Crippen molar-refractivity contribution in [2.24, 2.45) is 0 Å². The maximum absolute atomic E-state index is 13.6. The van der Waals surface area contributed by atoms with E-state index in [0.29, 0.717) is 43.0 Å². The number of fused-ring (bicyclic) bond motifs is 2. The molecule has 376 valence electrons. The van der Waals surface area contributed by atoms with Crippen LogP contribution in [0.15, 0.2) is 84.0 Å². The molecule has 1 unspecified atom stereocenters. The van der Waals surface area contributed by atoms with E-state index >= 15 is 0 Å². The van der Waals surface area contributed by atoms with E-state index in [1.807, 2.05) is 88.1 Å². The van der Waals surface area contributed by atoms with Crippen LogP contribution in [0, 0.1) is 0 Å². The third kappa shape index (κ3) is 12.8. The van der Waals surface area contributed by atoms with Crippen LogP contribution in [-0.4, -0.2) is 127 Å². The summed E-state index contributed by atoms with van der Waals surface area (Å²) in [4.78, 5) is 69.7. The average Bonchev–Trinajstić information content (AvgIpc) is 3.95. The second-order valence-electron chi connectivity index (χ2n) is 19.7. The zero-order valence-electron chi connectivity index (χ0n) is 41.1. The molecule has 0 radical (unpaired) electrons. The van der Waals surface area contributed by atoms with E-state index in [2.05, 4.69) is 31.2 Å². The minimum absolute atomic E-state index is 0.00488. The summed E-state index contributed by atoms with van der Waals surface area (Å²) in [5.41, 5.74) is 10.5. The molecule has 15 nitrogen and oxygen atoms in total. The van der Waals surface area contributed by atoms with E-state index < -0.39 is 6.04 Å². The highest BCUT2D eigenvalue weighted by Crippen LogP contribution is 2.37. The Bertz CT molecular complexity index is 2600. The normalized spacial score (nSPS) is 18.8. The van der Waals surface area contributed by atoms with Gasteiger partial charge >= 0.3 is 0 Å². The molecule has 9 rings (SSSR count). The molecule has 0 bridgehead atoms. The number of nitrogens with zero attached hydrogens (tertiary/aromatic N) is 8. The highest BCUT2D eigenvalue weighted by atomic mass is 32.2. The van der Waals surface area contributed by atoms with Crippen LogP contribution < -0.4 is 15.8 Å². The van der Waals surface area contributed by atoms with Gasteiger partial charge in [-0.05, 0) is 111 Å². The average molecular weight is 983 g/mol. The number of unbranched alkanes of at least 4 members (excludes halogenated alkanes) is 9. The number of hydrogen-bond acceptors (Lipinski definition) is 12. The Labute approximate surface area is 422 Å². The van der Waals surface area contributed by atoms with Gasteiger partial charge in [0, 0.05) is 74.7 Å². The summed E-state index contributed by atoms with van der Waals surface area (Å²) in [6, 6.07) is 22.8. The number of piperazine rings is 1. The molecule has 4 aliphatic heterocycles. The molecule has 3 saturated heterocycles. The maximum atomic E-state index is 13.6. The van der Waals surface area contributed by atoms with Gasteiger partial charge in [0.25, 0.3) is 5.91 Å². The fourth-order valence-electron chi connectivity index (χ4n) is 10.7. The SMILES string of the molecule is Nc1ncnc2c1c(-c1ccc(Oc3ccccc3)cc1)nn2[C@@H]1CCCN(C(=O)CCCN2CCN(CCCCCCCCCCCCSc3cccc4c3CN(C3CCC(=O)NC3=O)C4=O)CC2)C1. The van der Waals surface area contributed by atoms with Crippen LogP contribution in [0.2, 0.25) is 0 Å². The molecule has 71 heavy (non-hydrogen) atoms. The molecule has 3 N–H and O–H groups in total. The van der Waals surface area contributed by atoms with E-state index in [1.165, 1.54) is 70.7 Å². The van der Waals surface area contributed by atoms with Crippen molar-refractivity contribution < 1.29 is 23.9 Å². The first-order chi connectivity index (χ1) is 34.8. The molecule has 0 saturated carbocycles. The van der Waals surface area contributed by atoms with Crippen molar-refractivity contribution in [2.45, 2.75) is 126 Å². The summed E-state index contributed by atoms with van der Waals surface area (Å²) in [7, 11) is 0. The molecule has 4 aliphatic rings. The van der Waals surface area contributed by atoms with Gasteiger partial charge < -0.3 is 30.1 Å². The molecule has 0 aliphatic carbocycles. The first-order valence-electron chi connectivity index (χ1n) is 26.2. The smallest absolute Gasteiger partial charge is 0.255 e. The van der Waals surface area contributed by atoms with Crippen molar-refractivity contribution in [3.8, 4) is 22.8 Å². The van der Waals surface area contributed by atoms with Gasteiger partial charge in [-0.1, -0.05) is 75.6 Å². The zero-order chi connectivity index (χ0) is 48.9. The largest absolute Gasteiger partial charge is 0.457 e. The predicted molar refractivity (Wildman–Crippen MR) is 278 cm³/mol. The second-order valence-corrected chi connectivity index (χ2v) is 20.8. The Kier molecular flexibility index (Phi) is 17.3. The molecule has 2 atom stereocenters. The lowest BCUT2D eigenvalue weighted by atomic mass is 10.0. The molecule has 3 fully saturated rings. The van der Waals surface area contributed by atoms with Crippen LogP contribution in [0.3, 0.4) is 0 Å². The molecule has 6 heterocycles. The number of aromatic nitrogens is 4. The predicted octanol–water partition coefficient (Wildman–Crippen LogP) is 8.88. The number of imide groups is 1. The fraction of sp³-hybridized carbons (Fsp3) is 0.509. The summed E-state index contributed by atoms with van der Waals surface area (Å²) in [5, 5.41) is 8.20. The summed E-state index contributed by atoms with van der Waals surface area (Å²) in [6.07, 6.45) is 18.2. The van der Waals surface area contributed by atoms with Crippen molar-refractivity contribution in [1.82, 2.24) is 44.7 Å². The minimum Gasteiger partial charge on any atom is -0.457 e. The Balaban J connectivity index is 0.603. The quantitative estimate of drug-likeness (QED) is 0.0362. The number of amides is 4. The molecule has 4 amide bonds. The monoisotopic (exact) mass is 983 g/mol. The third-order valence-corrected chi connectivity index (χ3v) is 15.9. The molecule has 16 heteroatoms. The Morgan fingerprint density at radius 2 is 1.44 bits per heavy atom. The van der Waals surface area contributed by atoms with Gasteiger partial charge in [-0.3, -0.25) is 24.5 Å². The lowest BCUT2D eigenvalue weighted by Crippen LogP contribution is -2.52. The van der Waals surface area contributed by atoms with E-state index in [4.69, 9.17) is 15.6 Å². The van der Waals surface area contributed by atoms with Gasteiger partial charge in [0.05, 0.1) is 11.4 Å².